The van der Waals surface area contributed by atoms with Crippen LogP contribution in [0.15, 0.2) is 53.5 Å². The van der Waals surface area contributed by atoms with Gasteiger partial charge in [-0.1, -0.05) is 48.7 Å². The van der Waals surface area contributed by atoms with Gasteiger partial charge >= 0.3 is 0 Å². The fraction of sp³-hybridized carbons (Fsp3) is 0.333. The van der Waals surface area contributed by atoms with Crippen LogP contribution in [0.4, 0.5) is 5.69 Å². The van der Waals surface area contributed by atoms with E-state index in [9.17, 15) is 9.59 Å². The summed E-state index contributed by atoms with van der Waals surface area (Å²) in [5, 5.41) is 8.39. The van der Waals surface area contributed by atoms with E-state index in [-0.39, 0.29) is 17.9 Å². The summed E-state index contributed by atoms with van der Waals surface area (Å²) in [6.07, 6.45) is 5.92. The van der Waals surface area contributed by atoms with Crippen molar-refractivity contribution < 1.29 is 9.59 Å². The molecule has 1 unspecified atom stereocenters. The predicted octanol–water partition coefficient (Wildman–Crippen LogP) is 5.35. The molecule has 1 aromatic heterocycles. The lowest BCUT2D eigenvalue weighted by Gasteiger charge is -2.33. The summed E-state index contributed by atoms with van der Waals surface area (Å²) in [7, 11) is 1.75. The minimum Gasteiger partial charge on any atom is -0.331 e. The molecule has 0 fully saturated rings. The zero-order valence-electron chi connectivity index (χ0n) is 19.7. The summed E-state index contributed by atoms with van der Waals surface area (Å²) in [6, 6.07) is 15.4. The number of hydrogen-bond acceptors (Lipinski definition) is 4. The Labute approximate surface area is 209 Å². The highest BCUT2D eigenvalue weighted by molar-refractivity contribution is 6.31. The summed E-state index contributed by atoms with van der Waals surface area (Å²) in [6.45, 7) is 1.15. The summed E-state index contributed by atoms with van der Waals surface area (Å²) < 4.78 is 1.90. The Morgan fingerprint density at radius 1 is 1.11 bits per heavy atom. The second-order valence-electron chi connectivity index (χ2n) is 9.17. The number of nitrogens with one attached hydrogen (secondary N) is 1. The van der Waals surface area contributed by atoms with Crippen LogP contribution in [-0.2, 0) is 11.3 Å². The third-order valence-electron chi connectivity index (χ3n) is 6.62. The number of aromatic nitrogens is 2. The Balaban J connectivity index is 1.50. The van der Waals surface area contributed by atoms with Crippen LogP contribution >= 0.6 is 11.6 Å². The molecule has 1 atom stereocenters. The molecule has 0 saturated carbocycles. The van der Waals surface area contributed by atoms with E-state index in [0.29, 0.717) is 41.6 Å². The van der Waals surface area contributed by atoms with Gasteiger partial charge in [-0.15, -0.1) is 0 Å². The van der Waals surface area contributed by atoms with E-state index in [1.165, 1.54) is 0 Å². The van der Waals surface area contributed by atoms with Gasteiger partial charge in [-0.3, -0.25) is 19.3 Å². The number of benzene rings is 2. The Bertz CT molecular complexity index is 1280. The average Bonchev–Trinajstić information content (AvgIpc) is 3.28. The molecule has 0 saturated heterocycles. The maximum Gasteiger partial charge on any atom is 0.272 e. The summed E-state index contributed by atoms with van der Waals surface area (Å²) in [4.78, 5) is 32.0. The molecule has 2 bridgehead atoms. The van der Waals surface area contributed by atoms with Crippen molar-refractivity contribution in [3.8, 4) is 11.3 Å². The zero-order valence-corrected chi connectivity index (χ0v) is 20.5. The van der Waals surface area contributed by atoms with Crippen LogP contribution in [0.2, 0.25) is 5.02 Å². The number of nitrogens with zero attached hydrogens (tertiary/aromatic N) is 4. The molecular weight excluding hydrogens is 462 g/mol. The molecule has 2 amide bonds. The van der Waals surface area contributed by atoms with Gasteiger partial charge in [0.05, 0.1) is 17.4 Å². The Hall–Kier alpha value is -3.45. The molecule has 180 valence electrons. The highest BCUT2D eigenvalue weighted by Gasteiger charge is 2.33. The zero-order chi connectivity index (χ0) is 24.4. The van der Waals surface area contributed by atoms with Gasteiger partial charge in [0.1, 0.15) is 5.69 Å². The third kappa shape index (κ3) is 5.00. The summed E-state index contributed by atoms with van der Waals surface area (Å²) >= 11 is 6.23. The van der Waals surface area contributed by atoms with Gasteiger partial charge in [-0.2, -0.15) is 5.10 Å². The summed E-state index contributed by atoms with van der Waals surface area (Å²) in [5.74, 6) is -0.0691. The minimum atomic E-state index is -0.0363. The van der Waals surface area contributed by atoms with Crippen LogP contribution in [-0.4, -0.2) is 46.3 Å². The molecule has 2 aromatic carbocycles. The Morgan fingerprint density at radius 3 is 2.74 bits per heavy atom. The van der Waals surface area contributed by atoms with Crippen LogP contribution < -0.4 is 5.32 Å². The van der Waals surface area contributed by atoms with Crippen LogP contribution in [0, 0.1) is 0 Å². The average molecular weight is 490 g/mol. The molecule has 3 heterocycles. The second-order valence-corrected chi connectivity index (χ2v) is 9.60. The highest BCUT2D eigenvalue weighted by atomic mass is 35.5. The molecule has 8 heteroatoms. The van der Waals surface area contributed by atoms with Gasteiger partial charge in [0.15, 0.2) is 0 Å². The van der Waals surface area contributed by atoms with Gasteiger partial charge in [0, 0.05) is 43.4 Å². The number of hydrogen-bond donors (Lipinski definition) is 1. The number of carbonyl (C=O) groups is 2. The van der Waals surface area contributed by atoms with Crippen LogP contribution in [0.5, 0.6) is 0 Å². The first-order valence-corrected chi connectivity index (χ1v) is 12.4. The molecule has 3 aromatic rings. The van der Waals surface area contributed by atoms with Gasteiger partial charge in [0.25, 0.3) is 5.91 Å². The van der Waals surface area contributed by atoms with E-state index >= 15 is 0 Å². The lowest BCUT2D eigenvalue weighted by atomic mass is 10.0. The van der Waals surface area contributed by atoms with Crippen molar-refractivity contribution in [3.05, 3.63) is 70.4 Å². The molecule has 0 spiro atoms. The van der Waals surface area contributed by atoms with Gasteiger partial charge in [-0.05, 0) is 48.2 Å². The number of amides is 2. The van der Waals surface area contributed by atoms with Crippen molar-refractivity contribution in [2.24, 2.45) is 4.99 Å². The minimum absolute atomic E-state index is 0.0328. The maximum absolute atomic E-state index is 13.5. The van der Waals surface area contributed by atoms with E-state index in [1.54, 1.807) is 19.2 Å². The highest BCUT2D eigenvalue weighted by Crippen LogP contribution is 2.35. The lowest BCUT2D eigenvalue weighted by molar-refractivity contribution is -0.116. The molecule has 1 N–H and O–H groups in total. The molecule has 0 radical (unpaired) electrons. The maximum atomic E-state index is 13.5. The normalized spacial score (nSPS) is 18.5. The van der Waals surface area contributed by atoms with Crippen molar-refractivity contribution in [3.63, 3.8) is 0 Å². The van der Waals surface area contributed by atoms with E-state index in [0.717, 1.165) is 42.4 Å². The van der Waals surface area contributed by atoms with Gasteiger partial charge in [0.2, 0.25) is 5.91 Å². The van der Waals surface area contributed by atoms with Crippen LogP contribution in [0.25, 0.3) is 11.3 Å². The number of aliphatic imine (C=N–C) groups is 1. The Morgan fingerprint density at radius 2 is 1.94 bits per heavy atom. The quantitative estimate of drug-likeness (QED) is 0.503. The molecule has 7 nitrogen and oxygen atoms in total. The summed E-state index contributed by atoms with van der Waals surface area (Å²) in [5.41, 5.74) is 4.73. The second kappa shape index (κ2) is 10.0. The van der Waals surface area contributed by atoms with Crippen molar-refractivity contribution >= 4 is 35.3 Å². The first-order valence-electron chi connectivity index (χ1n) is 12.0. The van der Waals surface area contributed by atoms with Crippen LogP contribution in [0.3, 0.4) is 0 Å². The smallest absolute Gasteiger partial charge is 0.272 e. The largest absolute Gasteiger partial charge is 0.331 e. The monoisotopic (exact) mass is 489 g/mol. The molecule has 2 aliphatic rings. The number of carbonyl (C=O) groups excluding carboxylic acids is 2. The predicted molar refractivity (Wildman–Crippen MR) is 138 cm³/mol. The van der Waals surface area contributed by atoms with E-state index < -0.39 is 0 Å². The van der Waals surface area contributed by atoms with Crippen molar-refractivity contribution in [1.82, 2.24) is 14.7 Å². The van der Waals surface area contributed by atoms with E-state index in [1.807, 2.05) is 52.2 Å². The van der Waals surface area contributed by atoms with Crippen molar-refractivity contribution in [2.45, 2.75) is 44.7 Å². The molecular formula is C27H28ClN5O2. The lowest BCUT2D eigenvalue weighted by Crippen LogP contribution is -2.42. The SMILES string of the molecule is CN=Cc1ccc(CN2CC3CCCCCC(=O)Nc4cc(Cl)ccc4-c4cc(n3n4)C2=O)cc1. The van der Waals surface area contributed by atoms with Gasteiger partial charge < -0.3 is 10.2 Å². The Kier molecular flexibility index (Phi) is 6.68. The number of halogens is 1. The first-order chi connectivity index (χ1) is 17.0. The first kappa shape index (κ1) is 23.3. The third-order valence-corrected chi connectivity index (χ3v) is 6.86. The van der Waals surface area contributed by atoms with Crippen molar-refractivity contribution in [1.29, 1.82) is 0 Å². The van der Waals surface area contributed by atoms with Crippen molar-refractivity contribution in [2.75, 3.05) is 18.9 Å². The van der Waals surface area contributed by atoms with Crippen LogP contribution in [0.1, 0.15) is 59.8 Å². The molecule has 5 rings (SSSR count). The fourth-order valence-electron chi connectivity index (χ4n) is 4.87. The number of fused-ring (bicyclic) bond motifs is 3. The molecule has 0 aliphatic carbocycles. The topological polar surface area (TPSA) is 79.6 Å². The van der Waals surface area contributed by atoms with E-state index in [2.05, 4.69) is 10.3 Å². The number of rotatable bonds is 3. The van der Waals surface area contributed by atoms with Gasteiger partial charge in [-0.25, -0.2) is 0 Å². The standard InChI is InChI=1S/C27H28ClN5O2/c1-29-15-18-7-9-19(10-8-18)16-32-17-21-5-3-2-4-6-26(34)30-23-13-20(28)11-12-22(23)24-14-25(27(32)35)33(21)31-24/h7-15,21H,2-6,16-17H2,1H3,(H,30,34). The number of anilines is 1. The van der Waals surface area contributed by atoms with E-state index in [4.69, 9.17) is 16.7 Å². The fourth-order valence-corrected chi connectivity index (χ4v) is 5.04. The molecule has 35 heavy (non-hydrogen) atoms. The molecule has 2 aliphatic heterocycles.